The highest BCUT2D eigenvalue weighted by Crippen LogP contribution is 2.24. The Morgan fingerprint density at radius 3 is 1.39 bits per heavy atom. The molecule has 0 atom stereocenters. The molecule has 23 heavy (non-hydrogen) atoms. The predicted octanol–water partition coefficient (Wildman–Crippen LogP) is 4.72. The number of nitrogens with zero attached hydrogens (tertiary/aromatic N) is 1. The van der Waals surface area contributed by atoms with Crippen molar-refractivity contribution in [3.8, 4) is 0 Å². The molecule has 0 unspecified atom stereocenters. The first-order chi connectivity index (χ1) is 11.1. The molecule has 3 nitrogen and oxygen atoms in total. The zero-order chi connectivity index (χ0) is 16.5. The Kier molecular flexibility index (Phi) is 6.20. The molecule has 3 aromatic carbocycles. The van der Waals surface area contributed by atoms with Crippen LogP contribution in [0.3, 0.4) is 0 Å². The summed E-state index contributed by atoms with van der Waals surface area (Å²) in [6.07, 6.45) is 0. The van der Waals surface area contributed by atoms with E-state index in [1.54, 1.807) is 48.5 Å². The van der Waals surface area contributed by atoms with Gasteiger partial charge in [0.25, 0.3) is 10.0 Å². The Hall–Kier alpha value is -2.30. The minimum atomic E-state index is -3.69. The minimum Gasteiger partial charge on any atom is -0.200 e. The first kappa shape index (κ1) is 17.1. The Bertz CT molecular complexity index is 767. The maximum Gasteiger partial charge on any atom is 0.278 e. The van der Waals surface area contributed by atoms with Crippen molar-refractivity contribution in [1.29, 1.82) is 0 Å². The lowest BCUT2D eigenvalue weighted by atomic mass is 10.3. The van der Waals surface area contributed by atoms with E-state index in [4.69, 9.17) is 11.8 Å². The van der Waals surface area contributed by atoms with E-state index in [0.717, 1.165) is 3.82 Å². The maximum absolute atomic E-state index is 12.1. The second-order valence-corrected chi connectivity index (χ2v) is 6.85. The number of benzene rings is 3. The molecule has 0 amide bonds. The molecule has 3 aromatic rings. The van der Waals surface area contributed by atoms with E-state index in [1.165, 1.54) is 12.1 Å². The van der Waals surface area contributed by atoms with Gasteiger partial charge in [0.15, 0.2) is 0 Å². The molecule has 3 rings (SSSR count). The highest BCUT2D eigenvalue weighted by molar-refractivity contribution is 7.94. The zero-order valence-corrected chi connectivity index (χ0v) is 13.9. The van der Waals surface area contributed by atoms with Crippen LogP contribution in [-0.2, 0) is 10.0 Å². The van der Waals surface area contributed by atoms with Crippen molar-refractivity contribution in [3.05, 3.63) is 97.1 Å². The monoisotopic (exact) mass is 345 g/mol. The fourth-order valence-corrected chi connectivity index (χ4v) is 3.19. The normalized spacial score (nSPS) is 10.3. The molecule has 0 aliphatic rings. The minimum absolute atomic E-state index is 0.166. The van der Waals surface area contributed by atoms with Gasteiger partial charge >= 0.3 is 0 Å². The van der Waals surface area contributed by atoms with Crippen molar-refractivity contribution in [1.82, 2.24) is 0 Å². The molecule has 5 heteroatoms. The summed E-state index contributed by atoms with van der Waals surface area (Å²) in [5.41, 5.74) is 0.415. The summed E-state index contributed by atoms with van der Waals surface area (Å²) in [5.74, 6) is 0. The van der Waals surface area contributed by atoms with E-state index in [1.807, 2.05) is 36.4 Å². The van der Waals surface area contributed by atoms with E-state index >= 15 is 0 Å². The van der Waals surface area contributed by atoms with Crippen LogP contribution < -0.4 is 3.82 Å². The maximum atomic E-state index is 12.1. The molecule has 0 aliphatic carbocycles. The first-order valence-corrected chi connectivity index (χ1v) is 8.71. The molecule has 0 saturated carbocycles. The molecule has 0 aliphatic heterocycles. The van der Waals surface area contributed by atoms with Gasteiger partial charge in [0.1, 0.15) is 0 Å². The quantitative estimate of drug-likeness (QED) is 0.644. The van der Waals surface area contributed by atoms with Crippen LogP contribution in [0.15, 0.2) is 102 Å². The van der Waals surface area contributed by atoms with Gasteiger partial charge in [0.2, 0.25) is 0 Å². The van der Waals surface area contributed by atoms with Gasteiger partial charge in [-0.25, -0.2) is 0 Å². The smallest absolute Gasteiger partial charge is 0.200 e. The average Bonchev–Trinajstić information content (AvgIpc) is 2.64. The zero-order valence-electron chi connectivity index (χ0n) is 12.3. The molecular formula is C18H16ClNO2S. The van der Waals surface area contributed by atoms with Crippen LogP contribution in [0.4, 0.5) is 5.69 Å². The average molecular weight is 346 g/mol. The fourth-order valence-electron chi connectivity index (χ4n) is 1.75. The van der Waals surface area contributed by atoms with Crippen molar-refractivity contribution in [3.63, 3.8) is 0 Å². The molecule has 0 aromatic heterocycles. The van der Waals surface area contributed by atoms with Crippen LogP contribution in [0.2, 0.25) is 0 Å². The van der Waals surface area contributed by atoms with E-state index in [2.05, 4.69) is 0 Å². The number of hydrogen-bond acceptors (Lipinski definition) is 2. The van der Waals surface area contributed by atoms with Crippen molar-refractivity contribution in [2.75, 3.05) is 3.82 Å². The number of hydrogen-bond donors (Lipinski definition) is 0. The van der Waals surface area contributed by atoms with Gasteiger partial charge in [-0.05, 0) is 24.3 Å². The number of rotatable bonds is 3. The van der Waals surface area contributed by atoms with Gasteiger partial charge < -0.3 is 0 Å². The second kappa shape index (κ2) is 8.36. The van der Waals surface area contributed by atoms with Crippen LogP contribution in [0, 0.1) is 0 Å². The lowest BCUT2D eigenvalue weighted by Crippen LogP contribution is -2.21. The Labute approximate surface area is 141 Å². The topological polar surface area (TPSA) is 37.4 Å². The lowest BCUT2D eigenvalue weighted by Gasteiger charge is -2.15. The number of halogens is 1. The third-order valence-corrected chi connectivity index (χ3v) is 5.12. The van der Waals surface area contributed by atoms with E-state index in [0.29, 0.717) is 5.69 Å². The summed E-state index contributed by atoms with van der Waals surface area (Å²) in [7, 11) is -3.69. The number of sulfonamides is 1. The van der Waals surface area contributed by atoms with Gasteiger partial charge in [-0.15, -0.1) is 0 Å². The number of para-hydroxylation sites is 1. The lowest BCUT2D eigenvalue weighted by molar-refractivity contribution is 0.598. The van der Waals surface area contributed by atoms with Crippen LogP contribution in [-0.4, -0.2) is 8.42 Å². The highest BCUT2D eigenvalue weighted by Gasteiger charge is 2.22. The van der Waals surface area contributed by atoms with Gasteiger partial charge in [-0.1, -0.05) is 72.8 Å². The van der Waals surface area contributed by atoms with E-state index in [-0.39, 0.29) is 4.90 Å². The largest absolute Gasteiger partial charge is 0.278 e. The van der Waals surface area contributed by atoms with Crippen molar-refractivity contribution in [2.24, 2.45) is 0 Å². The van der Waals surface area contributed by atoms with E-state index in [9.17, 15) is 8.42 Å². The predicted molar refractivity (Wildman–Crippen MR) is 94.8 cm³/mol. The SMILES string of the molecule is O=S(=O)(c1ccccc1)N(Cl)c1ccccc1.c1ccccc1. The summed E-state index contributed by atoms with van der Waals surface area (Å²) >= 11 is 5.88. The Balaban J connectivity index is 0.000000268. The van der Waals surface area contributed by atoms with Crippen molar-refractivity contribution >= 4 is 27.5 Å². The summed E-state index contributed by atoms with van der Waals surface area (Å²) in [6.45, 7) is 0. The Morgan fingerprint density at radius 1 is 0.609 bits per heavy atom. The Morgan fingerprint density at radius 2 is 0.957 bits per heavy atom. The standard InChI is InChI=1S/C12H10ClNO2S.C6H6/c13-14(11-7-3-1-4-8-11)17(15,16)12-9-5-2-6-10-12;1-2-4-6-5-3-1/h1-10H;1-6H. The summed E-state index contributed by atoms with van der Waals surface area (Å²) in [5, 5.41) is 0. The fraction of sp³-hybridized carbons (Fsp3) is 0. The third kappa shape index (κ3) is 4.84. The number of anilines is 1. The molecule has 0 spiro atoms. The molecule has 0 radical (unpaired) electrons. The van der Waals surface area contributed by atoms with Crippen LogP contribution in [0.1, 0.15) is 0 Å². The molecule has 0 fully saturated rings. The molecule has 0 bridgehead atoms. The molecule has 0 heterocycles. The van der Waals surface area contributed by atoms with Crippen LogP contribution >= 0.6 is 11.8 Å². The van der Waals surface area contributed by atoms with Gasteiger partial charge in [-0.3, -0.25) is 0 Å². The summed E-state index contributed by atoms with van der Waals surface area (Å²) < 4.78 is 25.0. The van der Waals surface area contributed by atoms with Crippen molar-refractivity contribution in [2.45, 2.75) is 4.90 Å². The molecule has 118 valence electrons. The first-order valence-electron chi connectivity index (χ1n) is 6.93. The van der Waals surface area contributed by atoms with Gasteiger partial charge in [-0.2, -0.15) is 12.2 Å². The van der Waals surface area contributed by atoms with Crippen LogP contribution in [0.25, 0.3) is 0 Å². The van der Waals surface area contributed by atoms with Gasteiger partial charge in [0.05, 0.1) is 10.6 Å². The van der Waals surface area contributed by atoms with Gasteiger partial charge in [0, 0.05) is 11.8 Å². The van der Waals surface area contributed by atoms with Crippen molar-refractivity contribution < 1.29 is 8.42 Å². The summed E-state index contributed by atoms with van der Waals surface area (Å²) in [6, 6.07) is 28.6. The van der Waals surface area contributed by atoms with E-state index < -0.39 is 10.0 Å². The van der Waals surface area contributed by atoms with Crippen LogP contribution in [0.5, 0.6) is 0 Å². The molecular weight excluding hydrogens is 330 g/mol. The molecule has 0 saturated heterocycles. The summed E-state index contributed by atoms with van der Waals surface area (Å²) in [4.78, 5) is 0.166. The second-order valence-electron chi connectivity index (χ2n) is 4.52. The highest BCUT2D eigenvalue weighted by atomic mass is 35.5. The molecule has 0 N–H and O–H groups in total. The third-order valence-electron chi connectivity index (χ3n) is 2.88.